The van der Waals surface area contributed by atoms with Crippen molar-refractivity contribution in [3.8, 4) is 0 Å². The second-order valence-electron chi connectivity index (χ2n) is 5.93. The molecule has 0 fully saturated rings. The molecule has 1 aliphatic heterocycles. The highest BCUT2D eigenvalue weighted by atomic mass is 32.2. The van der Waals surface area contributed by atoms with Crippen molar-refractivity contribution in [1.82, 2.24) is 0 Å². The van der Waals surface area contributed by atoms with Crippen LogP contribution < -0.4 is 4.31 Å². The topological polar surface area (TPSA) is 37.4 Å². The average Bonchev–Trinajstić information content (AvgIpc) is 2.99. The van der Waals surface area contributed by atoms with Crippen LogP contribution in [-0.2, 0) is 16.4 Å². The maximum absolute atomic E-state index is 13.1. The van der Waals surface area contributed by atoms with E-state index >= 15 is 0 Å². The first-order chi connectivity index (χ1) is 11.1. The Kier molecular flexibility index (Phi) is 3.43. The molecule has 1 aromatic heterocycles. The highest BCUT2D eigenvalue weighted by Crippen LogP contribution is 2.36. The second kappa shape index (κ2) is 5.35. The molecule has 0 unspecified atom stereocenters. The molecule has 0 amide bonds. The molecule has 23 heavy (non-hydrogen) atoms. The quantitative estimate of drug-likeness (QED) is 0.694. The summed E-state index contributed by atoms with van der Waals surface area (Å²) in [4.78, 5) is 0.363. The molecular formula is C18H17NO2S2. The van der Waals surface area contributed by atoms with Crippen LogP contribution in [0.25, 0.3) is 10.1 Å². The van der Waals surface area contributed by atoms with Crippen LogP contribution in [-0.4, -0.2) is 15.0 Å². The van der Waals surface area contributed by atoms with E-state index in [1.807, 2.05) is 25.1 Å². The van der Waals surface area contributed by atoms with Gasteiger partial charge in [-0.25, -0.2) is 8.42 Å². The Labute approximate surface area is 140 Å². The van der Waals surface area contributed by atoms with Gasteiger partial charge in [-0.2, -0.15) is 0 Å². The lowest BCUT2D eigenvalue weighted by molar-refractivity contribution is 0.586. The number of sulfonamides is 1. The molecule has 0 N–H and O–H groups in total. The molecule has 0 spiro atoms. The number of benzene rings is 2. The average molecular weight is 343 g/mol. The molecule has 4 rings (SSSR count). The zero-order chi connectivity index (χ0) is 16.0. The van der Waals surface area contributed by atoms with Gasteiger partial charge >= 0.3 is 0 Å². The van der Waals surface area contributed by atoms with Gasteiger partial charge in [0.2, 0.25) is 0 Å². The number of nitrogens with zero attached hydrogens (tertiary/aromatic N) is 1. The number of hydrogen-bond acceptors (Lipinski definition) is 3. The van der Waals surface area contributed by atoms with Crippen molar-refractivity contribution in [2.24, 2.45) is 0 Å². The lowest BCUT2D eigenvalue weighted by Crippen LogP contribution is -2.35. The molecule has 0 atom stereocenters. The first kappa shape index (κ1) is 14.7. The van der Waals surface area contributed by atoms with E-state index in [4.69, 9.17) is 0 Å². The summed E-state index contributed by atoms with van der Waals surface area (Å²) in [7, 11) is -3.51. The maximum Gasteiger partial charge on any atom is 0.264 e. The molecule has 2 aromatic carbocycles. The monoisotopic (exact) mass is 343 g/mol. The van der Waals surface area contributed by atoms with Crippen molar-refractivity contribution in [2.75, 3.05) is 10.8 Å². The van der Waals surface area contributed by atoms with Crippen LogP contribution in [0.5, 0.6) is 0 Å². The van der Waals surface area contributed by atoms with Gasteiger partial charge in [0.15, 0.2) is 0 Å². The summed E-state index contributed by atoms with van der Waals surface area (Å²) in [6, 6.07) is 13.3. The summed E-state index contributed by atoms with van der Waals surface area (Å²) in [6.45, 7) is 2.50. The molecule has 0 saturated carbocycles. The predicted molar refractivity (Wildman–Crippen MR) is 95.9 cm³/mol. The van der Waals surface area contributed by atoms with Gasteiger partial charge in [0.25, 0.3) is 10.0 Å². The zero-order valence-electron chi connectivity index (χ0n) is 12.8. The van der Waals surface area contributed by atoms with Gasteiger partial charge in [0, 0.05) is 11.2 Å². The largest absolute Gasteiger partial charge is 0.266 e. The van der Waals surface area contributed by atoms with Gasteiger partial charge in [0.1, 0.15) is 0 Å². The molecule has 0 bridgehead atoms. The van der Waals surface area contributed by atoms with Crippen LogP contribution in [0.2, 0.25) is 0 Å². The minimum Gasteiger partial charge on any atom is -0.266 e. The van der Waals surface area contributed by atoms with Crippen molar-refractivity contribution < 1.29 is 8.42 Å². The van der Waals surface area contributed by atoms with Crippen LogP contribution >= 0.6 is 11.3 Å². The van der Waals surface area contributed by atoms with Gasteiger partial charge in [-0.3, -0.25) is 4.31 Å². The van der Waals surface area contributed by atoms with Gasteiger partial charge in [-0.05, 0) is 66.4 Å². The minimum atomic E-state index is -3.51. The van der Waals surface area contributed by atoms with Crippen molar-refractivity contribution in [1.29, 1.82) is 0 Å². The molecule has 0 saturated heterocycles. The van der Waals surface area contributed by atoms with Crippen LogP contribution in [0, 0.1) is 6.92 Å². The first-order valence-corrected chi connectivity index (χ1v) is 9.97. The van der Waals surface area contributed by atoms with Crippen LogP contribution in [0.1, 0.15) is 17.5 Å². The third kappa shape index (κ3) is 2.44. The third-order valence-electron chi connectivity index (χ3n) is 4.34. The summed E-state index contributed by atoms with van der Waals surface area (Å²) in [5.41, 5.74) is 3.02. The summed E-state index contributed by atoms with van der Waals surface area (Å²) >= 11 is 1.65. The fourth-order valence-corrected chi connectivity index (χ4v) is 5.44. The summed E-state index contributed by atoms with van der Waals surface area (Å²) < 4.78 is 28.8. The van der Waals surface area contributed by atoms with E-state index in [1.165, 1.54) is 5.39 Å². The standard InChI is InChI=1S/C18H17NO2S2/c1-13-4-6-16(7-5-13)23(20,21)19-9-2-3-14-11-15-8-10-22-18(15)12-17(14)19/h4-8,10-12H,2-3,9H2,1H3. The van der Waals surface area contributed by atoms with E-state index in [1.54, 1.807) is 27.8 Å². The number of anilines is 1. The highest BCUT2D eigenvalue weighted by molar-refractivity contribution is 7.92. The maximum atomic E-state index is 13.1. The second-order valence-corrected chi connectivity index (χ2v) is 8.74. The lowest BCUT2D eigenvalue weighted by atomic mass is 10.0. The Bertz CT molecular complexity index is 972. The normalized spacial score (nSPS) is 14.9. The molecular weight excluding hydrogens is 326 g/mol. The van der Waals surface area contributed by atoms with Crippen molar-refractivity contribution >= 4 is 37.1 Å². The molecule has 1 aliphatic rings. The van der Waals surface area contributed by atoms with E-state index in [2.05, 4.69) is 17.5 Å². The van der Waals surface area contributed by atoms with E-state index in [0.717, 1.165) is 34.4 Å². The Morgan fingerprint density at radius 1 is 1.09 bits per heavy atom. The Balaban J connectivity index is 1.85. The van der Waals surface area contributed by atoms with Crippen molar-refractivity contribution in [3.05, 3.63) is 59.0 Å². The van der Waals surface area contributed by atoms with Gasteiger partial charge in [0.05, 0.1) is 10.6 Å². The number of hydrogen-bond donors (Lipinski definition) is 0. The number of aryl methyl sites for hydroxylation is 2. The fraction of sp³-hybridized carbons (Fsp3) is 0.222. The molecule has 118 valence electrons. The summed E-state index contributed by atoms with van der Waals surface area (Å²) in [5, 5.41) is 3.25. The molecule has 2 heterocycles. The Hall–Kier alpha value is -1.85. The van der Waals surface area contributed by atoms with Crippen LogP contribution in [0.4, 0.5) is 5.69 Å². The van der Waals surface area contributed by atoms with E-state index in [9.17, 15) is 8.42 Å². The summed E-state index contributed by atoms with van der Waals surface area (Å²) in [5.74, 6) is 0. The molecule has 3 nitrogen and oxygen atoms in total. The third-order valence-corrected chi connectivity index (χ3v) is 7.05. The molecule has 0 radical (unpaired) electrons. The van der Waals surface area contributed by atoms with E-state index in [0.29, 0.717) is 11.4 Å². The Morgan fingerprint density at radius 3 is 2.65 bits per heavy atom. The van der Waals surface area contributed by atoms with Gasteiger partial charge in [-0.1, -0.05) is 17.7 Å². The Morgan fingerprint density at radius 2 is 1.87 bits per heavy atom. The van der Waals surface area contributed by atoms with Gasteiger partial charge in [-0.15, -0.1) is 11.3 Å². The van der Waals surface area contributed by atoms with Crippen molar-refractivity contribution in [2.45, 2.75) is 24.7 Å². The highest BCUT2D eigenvalue weighted by Gasteiger charge is 2.29. The number of rotatable bonds is 2. The molecule has 3 aromatic rings. The molecule has 0 aliphatic carbocycles. The van der Waals surface area contributed by atoms with E-state index < -0.39 is 10.0 Å². The van der Waals surface area contributed by atoms with Crippen molar-refractivity contribution in [3.63, 3.8) is 0 Å². The molecule has 5 heteroatoms. The van der Waals surface area contributed by atoms with Gasteiger partial charge < -0.3 is 0 Å². The smallest absolute Gasteiger partial charge is 0.264 e. The lowest BCUT2D eigenvalue weighted by Gasteiger charge is -2.30. The first-order valence-electron chi connectivity index (χ1n) is 7.65. The number of fused-ring (bicyclic) bond motifs is 2. The van der Waals surface area contributed by atoms with Crippen LogP contribution in [0.15, 0.2) is 52.7 Å². The SMILES string of the molecule is Cc1ccc(S(=O)(=O)N2CCCc3cc4ccsc4cc32)cc1. The zero-order valence-corrected chi connectivity index (χ0v) is 14.5. The van der Waals surface area contributed by atoms with Crippen LogP contribution in [0.3, 0.4) is 0 Å². The predicted octanol–water partition coefficient (Wildman–Crippen LogP) is 4.35. The minimum absolute atomic E-state index is 0.363. The summed E-state index contributed by atoms with van der Waals surface area (Å²) in [6.07, 6.45) is 1.79. The fourth-order valence-electron chi connectivity index (χ4n) is 3.10. The number of thiophene rings is 1. The van der Waals surface area contributed by atoms with E-state index in [-0.39, 0.29) is 0 Å².